The Morgan fingerprint density at radius 2 is 1.85 bits per heavy atom. The molecule has 0 saturated carbocycles. The molecule has 26 heavy (non-hydrogen) atoms. The van der Waals surface area contributed by atoms with Gasteiger partial charge in [0.1, 0.15) is 0 Å². The summed E-state index contributed by atoms with van der Waals surface area (Å²) in [5.41, 5.74) is 3.97. The molecule has 0 fully saturated rings. The highest BCUT2D eigenvalue weighted by molar-refractivity contribution is 6.01. The molecule has 0 radical (unpaired) electrons. The van der Waals surface area contributed by atoms with Gasteiger partial charge >= 0.3 is 0 Å². The summed E-state index contributed by atoms with van der Waals surface area (Å²) in [5, 5.41) is 6.82. The topological polar surface area (TPSA) is 41.1 Å². The van der Waals surface area contributed by atoms with Gasteiger partial charge in [-0.05, 0) is 50.3 Å². The van der Waals surface area contributed by atoms with Gasteiger partial charge in [-0.2, -0.15) is 0 Å². The minimum absolute atomic E-state index is 0.0194. The average Bonchev–Trinajstić information content (AvgIpc) is 3.09. The summed E-state index contributed by atoms with van der Waals surface area (Å²) >= 11 is 0. The number of carbonyl (C=O) groups is 1. The van der Waals surface area contributed by atoms with Gasteiger partial charge in [0.15, 0.2) is 0 Å². The minimum atomic E-state index is -0.261. The van der Waals surface area contributed by atoms with Crippen molar-refractivity contribution in [3.8, 4) is 0 Å². The van der Waals surface area contributed by atoms with Gasteiger partial charge in [0, 0.05) is 11.5 Å². The van der Waals surface area contributed by atoms with Gasteiger partial charge in [-0.1, -0.05) is 54.6 Å². The van der Waals surface area contributed by atoms with Crippen LogP contribution in [0.25, 0.3) is 0 Å². The fourth-order valence-electron chi connectivity index (χ4n) is 4.21. The van der Waals surface area contributed by atoms with Crippen LogP contribution in [0.3, 0.4) is 0 Å². The first-order valence-corrected chi connectivity index (χ1v) is 9.37. The Morgan fingerprint density at radius 3 is 2.58 bits per heavy atom. The predicted molar refractivity (Wildman–Crippen MR) is 106 cm³/mol. The molecule has 1 aliphatic heterocycles. The number of amides is 1. The van der Waals surface area contributed by atoms with Gasteiger partial charge in [0.05, 0.1) is 17.3 Å². The Morgan fingerprint density at radius 1 is 1.08 bits per heavy atom. The van der Waals surface area contributed by atoms with Crippen LogP contribution >= 0.6 is 0 Å². The van der Waals surface area contributed by atoms with E-state index in [9.17, 15) is 4.79 Å². The zero-order chi connectivity index (χ0) is 18.3. The molecule has 1 heterocycles. The highest BCUT2D eigenvalue weighted by Crippen LogP contribution is 2.50. The summed E-state index contributed by atoms with van der Waals surface area (Å²) < 4.78 is 0. The lowest BCUT2D eigenvalue weighted by Gasteiger charge is -2.38. The van der Waals surface area contributed by atoms with Gasteiger partial charge in [-0.25, -0.2) is 0 Å². The summed E-state index contributed by atoms with van der Waals surface area (Å²) in [4.78, 5) is 12.9. The van der Waals surface area contributed by atoms with Crippen molar-refractivity contribution >= 4 is 11.6 Å². The first-order valence-electron chi connectivity index (χ1n) is 9.37. The second-order valence-corrected chi connectivity index (χ2v) is 8.36. The number of anilines is 1. The van der Waals surface area contributed by atoms with E-state index in [2.05, 4.69) is 53.1 Å². The van der Waals surface area contributed by atoms with Gasteiger partial charge in [0.25, 0.3) is 5.91 Å². The van der Waals surface area contributed by atoms with Gasteiger partial charge in [-0.15, -0.1) is 0 Å². The van der Waals surface area contributed by atoms with Crippen LogP contribution in [0, 0.1) is 5.92 Å². The normalized spacial score (nSPS) is 23.7. The van der Waals surface area contributed by atoms with Crippen LogP contribution in [0.2, 0.25) is 0 Å². The monoisotopic (exact) mass is 346 g/mol. The van der Waals surface area contributed by atoms with Crippen molar-refractivity contribution in [2.45, 2.75) is 44.7 Å². The third-order valence-corrected chi connectivity index (χ3v) is 5.29. The summed E-state index contributed by atoms with van der Waals surface area (Å²) in [7, 11) is 0. The standard InChI is InChI=1S/C23H26N2O/c1-23(2,3)25-22(26)19-14-8-13-18-16-11-7-12-17(16)20(24-21(18)19)15-9-5-4-6-10-15/h4-11,13-14,16-17,20,24H,12H2,1-3H3,(H,25,26). The van der Waals surface area contributed by atoms with Crippen LogP contribution < -0.4 is 10.6 Å². The van der Waals surface area contributed by atoms with E-state index in [4.69, 9.17) is 0 Å². The third-order valence-electron chi connectivity index (χ3n) is 5.29. The number of para-hydroxylation sites is 1. The molecule has 3 atom stereocenters. The summed E-state index contributed by atoms with van der Waals surface area (Å²) in [6, 6.07) is 16.9. The van der Waals surface area contributed by atoms with Gasteiger partial charge < -0.3 is 10.6 Å². The third kappa shape index (κ3) is 3.03. The van der Waals surface area contributed by atoms with Crippen molar-refractivity contribution in [2.75, 3.05) is 5.32 Å². The molecule has 4 rings (SSSR count). The van der Waals surface area contributed by atoms with Gasteiger partial charge in [0.2, 0.25) is 0 Å². The molecule has 2 aromatic rings. The maximum Gasteiger partial charge on any atom is 0.253 e. The average molecular weight is 346 g/mol. The lowest BCUT2D eigenvalue weighted by atomic mass is 9.76. The maximum absolute atomic E-state index is 12.9. The molecule has 3 heteroatoms. The van der Waals surface area contributed by atoms with Crippen molar-refractivity contribution in [3.63, 3.8) is 0 Å². The number of hydrogen-bond donors (Lipinski definition) is 2. The fraction of sp³-hybridized carbons (Fsp3) is 0.348. The molecule has 0 aromatic heterocycles. The van der Waals surface area contributed by atoms with E-state index in [1.54, 1.807) is 0 Å². The molecule has 0 bridgehead atoms. The Hall–Kier alpha value is -2.55. The Kier molecular flexibility index (Phi) is 4.10. The number of rotatable bonds is 2. The Balaban J connectivity index is 1.77. The second kappa shape index (κ2) is 6.31. The van der Waals surface area contributed by atoms with Crippen molar-refractivity contribution in [1.29, 1.82) is 0 Å². The zero-order valence-electron chi connectivity index (χ0n) is 15.6. The van der Waals surface area contributed by atoms with Crippen LogP contribution in [0.4, 0.5) is 5.69 Å². The highest BCUT2D eigenvalue weighted by Gasteiger charge is 2.39. The Bertz CT molecular complexity index is 848. The molecule has 3 unspecified atom stereocenters. The van der Waals surface area contributed by atoms with E-state index in [1.165, 1.54) is 11.1 Å². The van der Waals surface area contributed by atoms with E-state index in [1.807, 2.05) is 39.0 Å². The van der Waals surface area contributed by atoms with Crippen molar-refractivity contribution in [2.24, 2.45) is 5.92 Å². The van der Waals surface area contributed by atoms with Crippen LogP contribution in [-0.4, -0.2) is 11.4 Å². The van der Waals surface area contributed by atoms with Crippen LogP contribution in [0.15, 0.2) is 60.7 Å². The molecule has 134 valence electrons. The summed E-state index contributed by atoms with van der Waals surface area (Å²) in [6.45, 7) is 6.03. The first kappa shape index (κ1) is 16.9. The SMILES string of the molecule is CC(C)(C)NC(=O)c1cccc2c1NC(c1ccccc1)C1CC=CC21. The first-order chi connectivity index (χ1) is 12.4. The number of hydrogen-bond acceptors (Lipinski definition) is 2. The number of carbonyl (C=O) groups excluding carboxylic acids is 1. The van der Waals surface area contributed by atoms with Crippen LogP contribution in [-0.2, 0) is 0 Å². The second-order valence-electron chi connectivity index (χ2n) is 8.36. The zero-order valence-corrected chi connectivity index (χ0v) is 15.6. The highest BCUT2D eigenvalue weighted by atomic mass is 16.1. The van der Waals surface area contributed by atoms with E-state index in [0.717, 1.165) is 17.7 Å². The molecule has 1 aliphatic carbocycles. The number of allylic oxidation sites excluding steroid dienone is 2. The summed E-state index contributed by atoms with van der Waals surface area (Å²) in [6.07, 6.45) is 5.66. The lowest BCUT2D eigenvalue weighted by Crippen LogP contribution is -2.41. The molecule has 0 saturated heterocycles. The molecular formula is C23H26N2O. The van der Waals surface area contributed by atoms with Crippen molar-refractivity contribution < 1.29 is 4.79 Å². The quantitative estimate of drug-likeness (QED) is 0.748. The van der Waals surface area contributed by atoms with Gasteiger partial charge in [-0.3, -0.25) is 4.79 Å². The lowest BCUT2D eigenvalue weighted by molar-refractivity contribution is 0.0920. The summed E-state index contributed by atoms with van der Waals surface area (Å²) in [5.74, 6) is 0.832. The van der Waals surface area contributed by atoms with Crippen molar-refractivity contribution in [3.05, 3.63) is 77.4 Å². The largest absolute Gasteiger partial charge is 0.377 e. The van der Waals surface area contributed by atoms with E-state index in [0.29, 0.717) is 11.8 Å². The van der Waals surface area contributed by atoms with Crippen LogP contribution in [0.5, 0.6) is 0 Å². The molecule has 0 spiro atoms. The molecule has 2 aliphatic rings. The molecule has 1 amide bonds. The molecular weight excluding hydrogens is 320 g/mol. The van der Waals surface area contributed by atoms with E-state index in [-0.39, 0.29) is 17.5 Å². The molecule has 2 aromatic carbocycles. The molecule has 3 nitrogen and oxygen atoms in total. The maximum atomic E-state index is 12.9. The smallest absolute Gasteiger partial charge is 0.253 e. The number of benzene rings is 2. The predicted octanol–water partition coefficient (Wildman–Crippen LogP) is 5.04. The fourth-order valence-corrected chi connectivity index (χ4v) is 4.21. The number of nitrogens with one attached hydrogen (secondary N) is 2. The van der Waals surface area contributed by atoms with E-state index < -0.39 is 0 Å². The van der Waals surface area contributed by atoms with E-state index >= 15 is 0 Å². The van der Waals surface area contributed by atoms with Crippen molar-refractivity contribution in [1.82, 2.24) is 5.32 Å². The number of fused-ring (bicyclic) bond motifs is 3. The minimum Gasteiger partial charge on any atom is -0.377 e. The molecule has 2 N–H and O–H groups in total. The van der Waals surface area contributed by atoms with Crippen LogP contribution in [0.1, 0.15) is 60.6 Å². The Labute approximate surface area is 155 Å².